The monoisotopic (exact) mass is 284 g/mol. The summed E-state index contributed by atoms with van der Waals surface area (Å²) in [6.45, 7) is 2.37. The molecule has 0 radical (unpaired) electrons. The molecule has 0 atom stereocenters. The molecule has 1 aliphatic rings. The molecule has 108 valence electrons. The molecule has 3 heteroatoms. The van der Waals surface area contributed by atoms with E-state index in [1.54, 1.807) is 12.1 Å². The minimum absolute atomic E-state index is 0.273. The van der Waals surface area contributed by atoms with Crippen LogP contribution in [0.15, 0.2) is 36.4 Å². The largest absolute Gasteiger partial charge is 0.492 e. The molecule has 0 amide bonds. The van der Waals surface area contributed by atoms with Gasteiger partial charge in [-0.2, -0.15) is 0 Å². The molecule has 0 aromatic heterocycles. The molecule has 2 nitrogen and oxygen atoms in total. The maximum atomic E-state index is 13.1. The lowest BCUT2D eigenvalue weighted by molar-refractivity contribution is 0.112. The number of aldehydes is 1. The Morgan fingerprint density at radius 1 is 1.24 bits per heavy atom. The highest BCUT2D eigenvalue weighted by Gasteiger charge is 2.26. The van der Waals surface area contributed by atoms with Crippen molar-refractivity contribution in [2.24, 2.45) is 0 Å². The maximum Gasteiger partial charge on any atom is 0.153 e. The van der Waals surface area contributed by atoms with Crippen molar-refractivity contribution in [3.8, 4) is 16.9 Å². The van der Waals surface area contributed by atoms with Crippen LogP contribution in [0.4, 0.5) is 4.39 Å². The van der Waals surface area contributed by atoms with Crippen molar-refractivity contribution in [1.29, 1.82) is 0 Å². The molecule has 1 aliphatic carbocycles. The Labute approximate surface area is 123 Å². The SMILES string of the molecule is CCOc1c(C=O)cc(C2CC2)cc1-c1ccc(F)cc1. The fourth-order valence-corrected chi connectivity index (χ4v) is 2.56. The minimum Gasteiger partial charge on any atom is -0.492 e. The van der Waals surface area contributed by atoms with Gasteiger partial charge in [-0.15, -0.1) is 0 Å². The molecule has 0 spiro atoms. The molecular weight excluding hydrogens is 267 g/mol. The van der Waals surface area contributed by atoms with Gasteiger partial charge in [-0.05, 0) is 61.1 Å². The maximum absolute atomic E-state index is 13.1. The lowest BCUT2D eigenvalue weighted by Gasteiger charge is -2.15. The highest BCUT2D eigenvalue weighted by Crippen LogP contribution is 2.44. The summed E-state index contributed by atoms with van der Waals surface area (Å²) in [5.41, 5.74) is 3.47. The number of hydrogen-bond donors (Lipinski definition) is 0. The van der Waals surface area contributed by atoms with Crippen molar-refractivity contribution in [3.05, 3.63) is 53.3 Å². The first-order chi connectivity index (χ1) is 10.2. The second-order valence-corrected chi connectivity index (χ2v) is 5.32. The zero-order chi connectivity index (χ0) is 14.8. The Hall–Kier alpha value is -2.16. The molecule has 1 saturated carbocycles. The highest BCUT2D eigenvalue weighted by molar-refractivity contribution is 5.87. The molecule has 0 saturated heterocycles. The fourth-order valence-electron chi connectivity index (χ4n) is 2.56. The van der Waals surface area contributed by atoms with Crippen LogP contribution in [0.1, 0.15) is 41.6 Å². The van der Waals surface area contributed by atoms with E-state index < -0.39 is 0 Å². The average molecular weight is 284 g/mol. The van der Waals surface area contributed by atoms with E-state index >= 15 is 0 Å². The minimum atomic E-state index is -0.273. The fraction of sp³-hybridized carbons (Fsp3) is 0.278. The summed E-state index contributed by atoms with van der Waals surface area (Å²) in [5, 5.41) is 0. The van der Waals surface area contributed by atoms with Gasteiger partial charge in [0.05, 0.1) is 12.2 Å². The van der Waals surface area contributed by atoms with Gasteiger partial charge in [-0.3, -0.25) is 4.79 Å². The van der Waals surface area contributed by atoms with E-state index in [1.165, 1.54) is 17.7 Å². The summed E-state index contributed by atoms with van der Waals surface area (Å²) >= 11 is 0. The van der Waals surface area contributed by atoms with E-state index in [2.05, 4.69) is 6.07 Å². The first kappa shape index (κ1) is 13.8. The van der Waals surface area contributed by atoms with Crippen LogP contribution in [0.3, 0.4) is 0 Å². The second kappa shape index (κ2) is 5.68. The smallest absolute Gasteiger partial charge is 0.153 e. The normalized spacial score (nSPS) is 14.0. The summed E-state index contributed by atoms with van der Waals surface area (Å²) in [6.07, 6.45) is 3.16. The van der Waals surface area contributed by atoms with Gasteiger partial charge >= 0.3 is 0 Å². The first-order valence-corrected chi connectivity index (χ1v) is 7.24. The number of halogens is 1. The third-order valence-corrected chi connectivity index (χ3v) is 3.76. The first-order valence-electron chi connectivity index (χ1n) is 7.24. The molecule has 0 aliphatic heterocycles. The van der Waals surface area contributed by atoms with Gasteiger partial charge in [0, 0.05) is 5.56 Å². The molecule has 0 N–H and O–H groups in total. The second-order valence-electron chi connectivity index (χ2n) is 5.32. The van der Waals surface area contributed by atoms with E-state index in [4.69, 9.17) is 4.74 Å². The third-order valence-electron chi connectivity index (χ3n) is 3.76. The molecule has 3 rings (SSSR count). The molecule has 0 unspecified atom stereocenters. The Balaban J connectivity index is 2.16. The van der Waals surface area contributed by atoms with Crippen LogP contribution in [0, 0.1) is 5.82 Å². The van der Waals surface area contributed by atoms with Gasteiger partial charge in [-0.25, -0.2) is 4.39 Å². The Kier molecular flexibility index (Phi) is 3.74. The molecule has 0 bridgehead atoms. The number of rotatable bonds is 5. The average Bonchev–Trinajstić information content (AvgIpc) is 3.33. The summed E-state index contributed by atoms with van der Waals surface area (Å²) in [5.74, 6) is 0.854. The van der Waals surface area contributed by atoms with Crippen LogP contribution < -0.4 is 4.74 Å². The molecule has 2 aromatic rings. The highest BCUT2D eigenvalue weighted by atomic mass is 19.1. The van der Waals surface area contributed by atoms with Gasteiger partial charge in [0.2, 0.25) is 0 Å². The summed E-state index contributed by atoms with van der Waals surface area (Å²) < 4.78 is 18.8. The van der Waals surface area contributed by atoms with E-state index in [0.717, 1.165) is 30.3 Å². The third kappa shape index (κ3) is 2.82. The van der Waals surface area contributed by atoms with Crippen LogP contribution >= 0.6 is 0 Å². The molecule has 1 fully saturated rings. The molecule has 2 aromatic carbocycles. The number of hydrogen-bond acceptors (Lipinski definition) is 2. The number of benzene rings is 2. The van der Waals surface area contributed by atoms with Crippen molar-refractivity contribution in [2.45, 2.75) is 25.7 Å². The Bertz CT molecular complexity index is 658. The Morgan fingerprint density at radius 2 is 1.95 bits per heavy atom. The summed E-state index contributed by atoms with van der Waals surface area (Å²) in [7, 11) is 0. The quantitative estimate of drug-likeness (QED) is 0.751. The molecule has 21 heavy (non-hydrogen) atoms. The van der Waals surface area contributed by atoms with Gasteiger partial charge in [0.1, 0.15) is 11.6 Å². The summed E-state index contributed by atoms with van der Waals surface area (Å²) in [4.78, 5) is 11.4. The van der Waals surface area contributed by atoms with Gasteiger partial charge in [0.15, 0.2) is 6.29 Å². The molecule has 0 heterocycles. The topological polar surface area (TPSA) is 26.3 Å². The van der Waals surface area contributed by atoms with Crippen LogP contribution in [-0.2, 0) is 0 Å². The summed E-state index contributed by atoms with van der Waals surface area (Å²) in [6, 6.07) is 10.3. The number of ether oxygens (including phenoxy) is 1. The van der Waals surface area contributed by atoms with Crippen LogP contribution in [-0.4, -0.2) is 12.9 Å². The van der Waals surface area contributed by atoms with Crippen molar-refractivity contribution in [2.75, 3.05) is 6.61 Å². The van der Waals surface area contributed by atoms with E-state index in [0.29, 0.717) is 23.8 Å². The standard InChI is InChI=1S/C18H17FO2/c1-2-21-18-15(11-20)9-14(12-3-4-12)10-17(18)13-5-7-16(19)8-6-13/h5-12H,2-4H2,1H3. The van der Waals surface area contributed by atoms with Crippen LogP contribution in [0.2, 0.25) is 0 Å². The van der Waals surface area contributed by atoms with Crippen molar-refractivity contribution < 1.29 is 13.9 Å². The van der Waals surface area contributed by atoms with Crippen LogP contribution in [0.5, 0.6) is 5.75 Å². The van der Waals surface area contributed by atoms with E-state index in [1.807, 2.05) is 13.0 Å². The number of carbonyl (C=O) groups is 1. The predicted octanol–water partition coefficient (Wildman–Crippen LogP) is 4.58. The van der Waals surface area contributed by atoms with E-state index in [-0.39, 0.29) is 5.82 Å². The van der Waals surface area contributed by atoms with Crippen LogP contribution in [0.25, 0.3) is 11.1 Å². The van der Waals surface area contributed by atoms with E-state index in [9.17, 15) is 9.18 Å². The molecular formula is C18H17FO2. The van der Waals surface area contributed by atoms with Gasteiger partial charge < -0.3 is 4.74 Å². The van der Waals surface area contributed by atoms with Crippen molar-refractivity contribution in [3.63, 3.8) is 0 Å². The zero-order valence-corrected chi connectivity index (χ0v) is 11.9. The lowest BCUT2D eigenvalue weighted by atomic mass is 9.96. The lowest BCUT2D eigenvalue weighted by Crippen LogP contribution is -2.00. The van der Waals surface area contributed by atoms with Gasteiger partial charge in [0.25, 0.3) is 0 Å². The predicted molar refractivity (Wildman–Crippen MR) is 80.4 cm³/mol. The zero-order valence-electron chi connectivity index (χ0n) is 11.9. The number of carbonyl (C=O) groups excluding carboxylic acids is 1. The van der Waals surface area contributed by atoms with Crippen molar-refractivity contribution >= 4 is 6.29 Å². The Morgan fingerprint density at radius 3 is 2.52 bits per heavy atom. The van der Waals surface area contributed by atoms with Gasteiger partial charge in [-0.1, -0.05) is 12.1 Å². The van der Waals surface area contributed by atoms with Crippen molar-refractivity contribution in [1.82, 2.24) is 0 Å².